The van der Waals surface area contributed by atoms with Gasteiger partial charge in [-0.3, -0.25) is 14.5 Å². The van der Waals surface area contributed by atoms with Gasteiger partial charge < -0.3 is 10.4 Å². The van der Waals surface area contributed by atoms with E-state index in [2.05, 4.69) is 5.32 Å². The first-order valence-corrected chi connectivity index (χ1v) is 6.46. The Morgan fingerprint density at radius 3 is 2.55 bits per heavy atom. The van der Waals surface area contributed by atoms with E-state index in [1.54, 1.807) is 24.3 Å². The number of urea groups is 1. The summed E-state index contributed by atoms with van der Waals surface area (Å²) < 4.78 is 0. The highest BCUT2D eigenvalue weighted by molar-refractivity contribution is 6.30. The van der Waals surface area contributed by atoms with Crippen LogP contribution in [0.15, 0.2) is 24.3 Å². The second-order valence-electron chi connectivity index (χ2n) is 4.42. The maximum Gasteiger partial charge on any atom is 0.325 e. The van der Waals surface area contributed by atoms with Crippen LogP contribution in [0, 0.1) is 0 Å². The second kappa shape index (κ2) is 5.92. The van der Waals surface area contributed by atoms with E-state index in [-0.39, 0.29) is 25.3 Å². The van der Waals surface area contributed by atoms with E-state index in [0.29, 0.717) is 10.6 Å². The highest BCUT2D eigenvalue weighted by Crippen LogP contribution is 2.23. The lowest BCUT2D eigenvalue weighted by molar-refractivity contribution is -0.137. The third kappa shape index (κ3) is 3.08. The topological polar surface area (TPSA) is 86.7 Å². The lowest BCUT2D eigenvalue weighted by Crippen LogP contribution is -2.32. The molecule has 0 aliphatic carbocycles. The number of aliphatic carboxylic acids is 1. The van der Waals surface area contributed by atoms with Gasteiger partial charge in [-0.1, -0.05) is 23.7 Å². The van der Waals surface area contributed by atoms with Crippen molar-refractivity contribution in [2.45, 2.75) is 18.9 Å². The van der Waals surface area contributed by atoms with Crippen molar-refractivity contribution in [3.63, 3.8) is 0 Å². The van der Waals surface area contributed by atoms with E-state index in [1.165, 1.54) is 0 Å². The molecule has 0 spiro atoms. The van der Waals surface area contributed by atoms with Crippen molar-refractivity contribution in [1.82, 2.24) is 10.2 Å². The van der Waals surface area contributed by atoms with Gasteiger partial charge in [-0.05, 0) is 24.1 Å². The highest BCUT2D eigenvalue weighted by Gasteiger charge is 2.38. The molecule has 1 saturated heterocycles. The third-order valence-electron chi connectivity index (χ3n) is 3.00. The molecule has 0 aromatic heterocycles. The van der Waals surface area contributed by atoms with Gasteiger partial charge in [-0.25, -0.2) is 4.79 Å². The normalized spacial score (nSPS) is 18.2. The molecule has 1 aliphatic heterocycles. The van der Waals surface area contributed by atoms with E-state index < -0.39 is 18.0 Å². The molecule has 7 heteroatoms. The molecule has 0 saturated carbocycles. The molecule has 0 radical (unpaired) electrons. The smallest absolute Gasteiger partial charge is 0.325 e. The largest absolute Gasteiger partial charge is 0.481 e. The van der Waals surface area contributed by atoms with Crippen molar-refractivity contribution >= 4 is 29.5 Å². The van der Waals surface area contributed by atoms with Gasteiger partial charge in [0.1, 0.15) is 6.04 Å². The molecule has 1 aromatic rings. The number of carboxylic acids is 1. The predicted octanol–water partition coefficient (Wildman–Crippen LogP) is 1.80. The fourth-order valence-corrected chi connectivity index (χ4v) is 2.13. The summed E-state index contributed by atoms with van der Waals surface area (Å²) in [6, 6.07) is 5.40. The molecule has 1 fully saturated rings. The predicted molar refractivity (Wildman–Crippen MR) is 71.3 cm³/mol. The molecular formula is C13H13ClN2O4. The zero-order chi connectivity index (χ0) is 14.7. The average Bonchev–Trinajstić information content (AvgIpc) is 2.67. The molecule has 20 heavy (non-hydrogen) atoms. The number of benzene rings is 1. The number of carbonyl (C=O) groups is 3. The fourth-order valence-electron chi connectivity index (χ4n) is 2.00. The Labute approximate surface area is 120 Å². The monoisotopic (exact) mass is 296 g/mol. The summed E-state index contributed by atoms with van der Waals surface area (Å²) in [5.74, 6) is -1.32. The summed E-state index contributed by atoms with van der Waals surface area (Å²) in [6.07, 6.45) is 0.157. The molecule has 1 heterocycles. The quantitative estimate of drug-likeness (QED) is 0.811. The van der Waals surface area contributed by atoms with E-state index in [1.807, 2.05) is 0 Å². The van der Waals surface area contributed by atoms with Crippen LogP contribution < -0.4 is 5.32 Å². The number of nitrogens with one attached hydrogen (secondary N) is 1. The number of hydrogen-bond acceptors (Lipinski definition) is 3. The third-order valence-corrected chi connectivity index (χ3v) is 3.25. The van der Waals surface area contributed by atoms with Gasteiger partial charge in [0.2, 0.25) is 0 Å². The summed E-state index contributed by atoms with van der Waals surface area (Å²) in [5, 5.41) is 11.7. The van der Waals surface area contributed by atoms with Crippen LogP contribution in [0.3, 0.4) is 0 Å². The second-order valence-corrected chi connectivity index (χ2v) is 4.86. The number of nitrogens with zero attached hydrogens (tertiary/aromatic N) is 1. The van der Waals surface area contributed by atoms with Gasteiger partial charge in [0.25, 0.3) is 5.91 Å². The van der Waals surface area contributed by atoms with Crippen LogP contribution in [-0.2, 0) is 9.59 Å². The fraction of sp³-hybridized carbons (Fsp3) is 0.308. The minimum atomic E-state index is -0.952. The van der Waals surface area contributed by atoms with Crippen LogP contribution in [0.4, 0.5) is 4.79 Å². The summed E-state index contributed by atoms with van der Waals surface area (Å²) in [6.45, 7) is 0.0983. The average molecular weight is 297 g/mol. The van der Waals surface area contributed by atoms with E-state index in [4.69, 9.17) is 16.7 Å². The minimum absolute atomic E-state index is 0.0807. The summed E-state index contributed by atoms with van der Waals surface area (Å²) in [5.41, 5.74) is 0.647. The summed E-state index contributed by atoms with van der Waals surface area (Å²) in [7, 11) is 0. The first-order chi connectivity index (χ1) is 9.49. The minimum Gasteiger partial charge on any atom is -0.481 e. The highest BCUT2D eigenvalue weighted by atomic mass is 35.5. The van der Waals surface area contributed by atoms with Gasteiger partial charge in [0.05, 0.1) is 0 Å². The Balaban J connectivity index is 2.04. The lowest BCUT2D eigenvalue weighted by atomic mass is 10.1. The zero-order valence-electron chi connectivity index (χ0n) is 10.5. The number of amides is 3. The lowest BCUT2D eigenvalue weighted by Gasteiger charge is -2.12. The van der Waals surface area contributed by atoms with Gasteiger partial charge in [0, 0.05) is 18.0 Å². The van der Waals surface area contributed by atoms with Crippen LogP contribution in [0.5, 0.6) is 0 Å². The molecule has 3 amide bonds. The molecule has 1 unspecified atom stereocenters. The van der Waals surface area contributed by atoms with Crippen LogP contribution in [0.1, 0.15) is 24.4 Å². The maximum absolute atomic E-state index is 12.1. The van der Waals surface area contributed by atoms with E-state index >= 15 is 0 Å². The standard InChI is InChI=1S/C13H13ClN2O4/c14-9-5-3-8(4-6-9)11-12(19)16(13(20)15-11)7-1-2-10(17)18/h3-6,11H,1-2,7H2,(H,15,20)(H,17,18). The zero-order valence-corrected chi connectivity index (χ0v) is 11.3. The van der Waals surface area contributed by atoms with Crippen LogP contribution in [0.2, 0.25) is 5.02 Å². The molecule has 1 atom stereocenters. The van der Waals surface area contributed by atoms with Crippen molar-refractivity contribution in [3.8, 4) is 0 Å². The van der Waals surface area contributed by atoms with Crippen molar-refractivity contribution < 1.29 is 19.5 Å². The van der Waals surface area contributed by atoms with Crippen LogP contribution in [-0.4, -0.2) is 34.5 Å². The van der Waals surface area contributed by atoms with E-state index in [0.717, 1.165) is 4.90 Å². The molecule has 2 N–H and O–H groups in total. The number of rotatable bonds is 5. The Bertz CT molecular complexity index is 544. The SMILES string of the molecule is O=C(O)CCCN1C(=O)NC(c2ccc(Cl)cc2)C1=O. The van der Waals surface area contributed by atoms with Gasteiger partial charge >= 0.3 is 12.0 Å². The molecule has 0 bridgehead atoms. The Morgan fingerprint density at radius 2 is 1.95 bits per heavy atom. The Morgan fingerprint density at radius 1 is 1.30 bits per heavy atom. The first-order valence-electron chi connectivity index (χ1n) is 6.08. The molecule has 1 aromatic carbocycles. The van der Waals surface area contributed by atoms with Crippen molar-refractivity contribution in [2.75, 3.05) is 6.54 Å². The maximum atomic E-state index is 12.1. The van der Waals surface area contributed by atoms with Gasteiger partial charge in [0.15, 0.2) is 0 Å². The molecule has 1 aliphatic rings. The molecule has 106 valence electrons. The molecular weight excluding hydrogens is 284 g/mol. The van der Waals surface area contributed by atoms with E-state index in [9.17, 15) is 14.4 Å². The van der Waals surface area contributed by atoms with Crippen molar-refractivity contribution in [3.05, 3.63) is 34.9 Å². The molecule has 6 nitrogen and oxygen atoms in total. The number of carbonyl (C=O) groups excluding carboxylic acids is 2. The van der Waals surface area contributed by atoms with Crippen LogP contribution in [0.25, 0.3) is 0 Å². The van der Waals surface area contributed by atoms with Gasteiger partial charge in [-0.2, -0.15) is 0 Å². The first kappa shape index (κ1) is 14.3. The van der Waals surface area contributed by atoms with Crippen molar-refractivity contribution in [1.29, 1.82) is 0 Å². The summed E-state index contributed by atoms with van der Waals surface area (Å²) >= 11 is 5.77. The number of halogens is 1. The molecule has 2 rings (SSSR count). The summed E-state index contributed by atoms with van der Waals surface area (Å²) in [4.78, 5) is 35.4. The Kier molecular flexibility index (Phi) is 4.24. The number of carboxylic acid groups (broad SMARTS) is 1. The Hall–Kier alpha value is -2.08. The van der Waals surface area contributed by atoms with Crippen molar-refractivity contribution in [2.24, 2.45) is 0 Å². The van der Waals surface area contributed by atoms with Gasteiger partial charge in [-0.15, -0.1) is 0 Å². The number of hydrogen-bond donors (Lipinski definition) is 2. The number of imide groups is 1. The van der Waals surface area contributed by atoms with Crippen LogP contribution >= 0.6 is 11.6 Å².